The lowest BCUT2D eigenvalue weighted by Crippen LogP contribution is -2.31. The van der Waals surface area contributed by atoms with E-state index in [1.54, 1.807) is 0 Å². The van der Waals surface area contributed by atoms with Crippen molar-refractivity contribution in [2.45, 2.75) is 19.4 Å². The third-order valence-electron chi connectivity index (χ3n) is 4.08. The molecular weight excluding hydrogens is 320 g/mol. The molecule has 0 N–H and O–H groups in total. The molecule has 0 saturated heterocycles. The summed E-state index contributed by atoms with van der Waals surface area (Å²) in [5, 5.41) is 1.69. The van der Waals surface area contributed by atoms with Crippen LogP contribution in [0.2, 0.25) is 5.02 Å². The molecule has 4 heteroatoms. The number of para-hydroxylation sites is 2. The zero-order valence-electron chi connectivity index (χ0n) is 13.6. The first-order chi connectivity index (χ1) is 11.5. The highest BCUT2D eigenvalue weighted by atomic mass is 35.5. The number of aromatic nitrogens is 1. The maximum absolute atomic E-state index is 6.39. The summed E-state index contributed by atoms with van der Waals surface area (Å²) in [5.74, 6) is 0.688. The zero-order valence-corrected chi connectivity index (χ0v) is 14.3. The second kappa shape index (κ2) is 5.60. The van der Waals surface area contributed by atoms with Crippen LogP contribution in [0.1, 0.15) is 25.0 Å². The van der Waals surface area contributed by atoms with Gasteiger partial charge in [0, 0.05) is 22.7 Å². The molecule has 3 nitrogen and oxygen atoms in total. The SMILES string of the molecule is CC1(C)CN=C(c2cnc3ccccc3c2)c2cccc(Cl)c2O1. The van der Waals surface area contributed by atoms with Crippen molar-refractivity contribution in [1.29, 1.82) is 0 Å². The van der Waals surface area contributed by atoms with Gasteiger partial charge in [-0.2, -0.15) is 0 Å². The summed E-state index contributed by atoms with van der Waals surface area (Å²) in [4.78, 5) is 9.39. The van der Waals surface area contributed by atoms with E-state index in [1.807, 2.05) is 56.4 Å². The Morgan fingerprint density at radius 3 is 2.79 bits per heavy atom. The molecule has 2 heterocycles. The molecule has 1 aromatic heterocycles. The molecule has 0 unspecified atom stereocenters. The molecule has 2 aromatic carbocycles. The normalized spacial score (nSPS) is 16.0. The van der Waals surface area contributed by atoms with Crippen LogP contribution in [0.5, 0.6) is 5.75 Å². The smallest absolute Gasteiger partial charge is 0.148 e. The molecule has 1 aliphatic rings. The maximum Gasteiger partial charge on any atom is 0.148 e. The fourth-order valence-electron chi connectivity index (χ4n) is 2.91. The highest BCUT2D eigenvalue weighted by Gasteiger charge is 2.28. The summed E-state index contributed by atoms with van der Waals surface area (Å²) in [7, 11) is 0. The molecule has 24 heavy (non-hydrogen) atoms. The average Bonchev–Trinajstić information content (AvgIpc) is 2.71. The highest BCUT2D eigenvalue weighted by molar-refractivity contribution is 6.33. The lowest BCUT2D eigenvalue weighted by atomic mass is 10.0. The van der Waals surface area contributed by atoms with E-state index in [2.05, 4.69) is 17.1 Å². The van der Waals surface area contributed by atoms with E-state index < -0.39 is 5.60 Å². The third-order valence-corrected chi connectivity index (χ3v) is 4.38. The van der Waals surface area contributed by atoms with E-state index in [0.717, 1.165) is 27.7 Å². The predicted molar refractivity (Wildman–Crippen MR) is 98.4 cm³/mol. The molecule has 0 fully saturated rings. The first-order valence-corrected chi connectivity index (χ1v) is 8.29. The monoisotopic (exact) mass is 336 g/mol. The van der Waals surface area contributed by atoms with Crippen LogP contribution in [0, 0.1) is 0 Å². The topological polar surface area (TPSA) is 34.5 Å². The molecule has 0 saturated carbocycles. The van der Waals surface area contributed by atoms with Crippen LogP contribution >= 0.6 is 11.6 Å². The average molecular weight is 337 g/mol. The zero-order chi connectivity index (χ0) is 16.7. The molecule has 4 rings (SSSR count). The van der Waals surface area contributed by atoms with Crippen molar-refractivity contribution < 1.29 is 4.74 Å². The van der Waals surface area contributed by atoms with Crippen molar-refractivity contribution in [3.05, 3.63) is 70.9 Å². The highest BCUT2D eigenvalue weighted by Crippen LogP contribution is 2.35. The molecule has 0 radical (unpaired) electrons. The fourth-order valence-corrected chi connectivity index (χ4v) is 3.12. The van der Waals surface area contributed by atoms with Gasteiger partial charge in [-0.15, -0.1) is 0 Å². The molecule has 3 aromatic rings. The minimum atomic E-state index is -0.411. The first kappa shape index (κ1) is 15.2. The summed E-state index contributed by atoms with van der Waals surface area (Å²) in [5.41, 5.74) is 3.31. The van der Waals surface area contributed by atoms with Gasteiger partial charge in [0.1, 0.15) is 11.4 Å². The number of nitrogens with zero attached hydrogens (tertiary/aromatic N) is 2. The van der Waals surface area contributed by atoms with Gasteiger partial charge in [0.2, 0.25) is 0 Å². The van der Waals surface area contributed by atoms with Crippen LogP contribution < -0.4 is 4.74 Å². The van der Waals surface area contributed by atoms with E-state index in [9.17, 15) is 0 Å². The van der Waals surface area contributed by atoms with Crippen LogP contribution in [0.25, 0.3) is 10.9 Å². The number of hydrogen-bond acceptors (Lipinski definition) is 3. The van der Waals surface area contributed by atoms with Crippen LogP contribution in [0.15, 0.2) is 59.7 Å². The Balaban J connectivity index is 1.93. The Bertz CT molecular complexity index is 963. The molecule has 120 valence electrons. The standard InChI is InChI=1S/C20H17ClN2O/c1-20(2)12-23-18(15-7-5-8-16(21)19(15)24-20)14-10-13-6-3-4-9-17(13)22-11-14/h3-11H,12H2,1-2H3. The van der Waals surface area contributed by atoms with Gasteiger partial charge in [0.05, 0.1) is 22.8 Å². The lowest BCUT2D eigenvalue weighted by molar-refractivity contribution is 0.121. The Kier molecular flexibility index (Phi) is 3.54. The second-order valence-electron chi connectivity index (χ2n) is 6.56. The van der Waals surface area contributed by atoms with Crippen molar-refractivity contribution in [3.8, 4) is 5.75 Å². The lowest BCUT2D eigenvalue weighted by Gasteiger charge is -2.24. The minimum absolute atomic E-state index is 0.411. The summed E-state index contributed by atoms with van der Waals surface area (Å²) in [6.07, 6.45) is 1.87. The molecular formula is C20H17ClN2O. The van der Waals surface area contributed by atoms with Crippen molar-refractivity contribution in [2.75, 3.05) is 6.54 Å². The predicted octanol–water partition coefficient (Wildman–Crippen LogP) is 4.90. The van der Waals surface area contributed by atoms with Gasteiger partial charge in [0.15, 0.2) is 0 Å². The molecule has 0 aliphatic carbocycles. The number of pyridine rings is 1. The van der Waals surface area contributed by atoms with E-state index in [0.29, 0.717) is 17.3 Å². The molecule has 0 amide bonds. The van der Waals surface area contributed by atoms with Crippen molar-refractivity contribution in [3.63, 3.8) is 0 Å². The van der Waals surface area contributed by atoms with Crippen molar-refractivity contribution in [1.82, 2.24) is 4.98 Å². The maximum atomic E-state index is 6.39. The van der Waals surface area contributed by atoms with Gasteiger partial charge in [-0.05, 0) is 38.1 Å². The molecule has 0 bridgehead atoms. The van der Waals surface area contributed by atoms with Crippen LogP contribution in [-0.4, -0.2) is 22.8 Å². The summed E-state index contributed by atoms with van der Waals surface area (Å²) in [6.45, 7) is 4.59. The number of aliphatic imine (C=N–C) groups is 1. The van der Waals surface area contributed by atoms with Crippen LogP contribution in [0.4, 0.5) is 0 Å². The number of fused-ring (bicyclic) bond motifs is 2. The van der Waals surface area contributed by atoms with Crippen LogP contribution in [-0.2, 0) is 0 Å². The van der Waals surface area contributed by atoms with E-state index in [4.69, 9.17) is 21.3 Å². The first-order valence-electron chi connectivity index (χ1n) is 7.91. The number of benzene rings is 2. The van der Waals surface area contributed by atoms with Crippen LogP contribution in [0.3, 0.4) is 0 Å². The third kappa shape index (κ3) is 2.65. The minimum Gasteiger partial charge on any atom is -0.484 e. The Labute approximate surface area is 146 Å². The van der Waals surface area contributed by atoms with Gasteiger partial charge >= 0.3 is 0 Å². The van der Waals surface area contributed by atoms with E-state index in [1.165, 1.54) is 0 Å². The summed E-state index contributed by atoms with van der Waals surface area (Å²) < 4.78 is 6.15. The van der Waals surface area contributed by atoms with Gasteiger partial charge in [-0.25, -0.2) is 0 Å². The largest absolute Gasteiger partial charge is 0.484 e. The summed E-state index contributed by atoms with van der Waals surface area (Å²) >= 11 is 6.39. The van der Waals surface area contributed by atoms with Crippen molar-refractivity contribution >= 4 is 28.2 Å². The van der Waals surface area contributed by atoms with E-state index >= 15 is 0 Å². The fraction of sp³-hybridized carbons (Fsp3) is 0.200. The summed E-state index contributed by atoms with van der Waals surface area (Å²) in [6, 6.07) is 15.9. The number of hydrogen-bond donors (Lipinski definition) is 0. The molecule has 0 atom stereocenters. The molecule has 1 aliphatic heterocycles. The van der Waals surface area contributed by atoms with Gasteiger partial charge in [-0.3, -0.25) is 9.98 Å². The Morgan fingerprint density at radius 1 is 1.08 bits per heavy atom. The van der Waals surface area contributed by atoms with Gasteiger partial charge < -0.3 is 4.74 Å². The van der Waals surface area contributed by atoms with Gasteiger partial charge in [0.25, 0.3) is 0 Å². The number of ether oxygens (including phenoxy) is 1. The van der Waals surface area contributed by atoms with Gasteiger partial charge in [-0.1, -0.05) is 35.9 Å². The molecule has 0 spiro atoms. The number of rotatable bonds is 1. The Morgan fingerprint density at radius 2 is 1.92 bits per heavy atom. The van der Waals surface area contributed by atoms with E-state index in [-0.39, 0.29) is 0 Å². The second-order valence-corrected chi connectivity index (χ2v) is 6.97. The van der Waals surface area contributed by atoms with Crippen molar-refractivity contribution in [2.24, 2.45) is 4.99 Å². The number of halogens is 1. The quantitative estimate of drug-likeness (QED) is 0.633. The Hall–Kier alpha value is -2.39.